The lowest BCUT2D eigenvalue weighted by Crippen LogP contribution is -2.28. The number of carbonyl (C=O) groups is 1. The summed E-state index contributed by atoms with van der Waals surface area (Å²) >= 11 is 9.91. The molecule has 7 heteroatoms. The molecule has 1 heterocycles. The Labute approximate surface area is 169 Å². The SMILES string of the molecule is CC(C)Oc1ccc(/C=C2/SC(=S)N(c3ccccc3F)C2=O)cc1Br. The summed E-state index contributed by atoms with van der Waals surface area (Å²) in [6.07, 6.45) is 1.80. The molecule has 26 heavy (non-hydrogen) atoms. The van der Waals surface area contributed by atoms with Gasteiger partial charge in [0, 0.05) is 0 Å². The number of hydrogen-bond donors (Lipinski definition) is 0. The maximum atomic E-state index is 14.0. The maximum Gasteiger partial charge on any atom is 0.270 e. The first-order valence-electron chi connectivity index (χ1n) is 7.85. The van der Waals surface area contributed by atoms with Gasteiger partial charge in [-0.2, -0.15) is 0 Å². The van der Waals surface area contributed by atoms with Crippen molar-refractivity contribution in [3.63, 3.8) is 0 Å². The fourth-order valence-corrected chi connectivity index (χ4v) is 4.19. The molecule has 0 spiro atoms. The predicted octanol–water partition coefficient (Wildman–Crippen LogP) is 5.78. The van der Waals surface area contributed by atoms with E-state index < -0.39 is 5.82 Å². The highest BCUT2D eigenvalue weighted by molar-refractivity contribution is 9.10. The van der Waals surface area contributed by atoms with Crippen LogP contribution in [-0.4, -0.2) is 16.3 Å². The number of thiocarbonyl (C=S) groups is 1. The average molecular weight is 452 g/mol. The summed E-state index contributed by atoms with van der Waals surface area (Å²) in [5.74, 6) is -0.0808. The number of thioether (sulfide) groups is 1. The van der Waals surface area contributed by atoms with Crippen LogP contribution in [-0.2, 0) is 4.79 Å². The lowest BCUT2D eigenvalue weighted by molar-refractivity contribution is -0.113. The van der Waals surface area contributed by atoms with Gasteiger partial charge in [0.2, 0.25) is 0 Å². The number of carbonyl (C=O) groups excluding carboxylic acids is 1. The van der Waals surface area contributed by atoms with Gasteiger partial charge in [0.15, 0.2) is 4.32 Å². The van der Waals surface area contributed by atoms with Gasteiger partial charge in [0.25, 0.3) is 5.91 Å². The zero-order valence-electron chi connectivity index (χ0n) is 14.0. The van der Waals surface area contributed by atoms with Gasteiger partial charge >= 0.3 is 0 Å². The van der Waals surface area contributed by atoms with E-state index in [1.807, 2.05) is 32.0 Å². The Kier molecular flexibility index (Phi) is 5.79. The Morgan fingerprint density at radius 1 is 1.27 bits per heavy atom. The van der Waals surface area contributed by atoms with Crippen LogP contribution >= 0.6 is 39.9 Å². The standard InChI is InChI=1S/C19H15BrFNO2S2/c1-11(2)24-16-8-7-12(9-13(16)20)10-17-18(23)22(19(25)26-17)15-6-4-3-5-14(15)21/h3-11H,1-2H3/b17-10+. The van der Waals surface area contributed by atoms with Crippen molar-refractivity contribution in [3.8, 4) is 5.75 Å². The van der Waals surface area contributed by atoms with E-state index in [1.165, 1.54) is 17.0 Å². The maximum absolute atomic E-state index is 14.0. The molecule has 0 bridgehead atoms. The third-order valence-electron chi connectivity index (χ3n) is 3.50. The third-order valence-corrected chi connectivity index (χ3v) is 5.43. The summed E-state index contributed by atoms with van der Waals surface area (Å²) in [5, 5.41) is 0. The minimum absolute atomic E-state index is 0.0640. The fourth-order valence-electron chi connectivity index (χ4n) is 2.42. The van der Waals surface area contributed by atoms with Gasteiger partial charge in [-0.15, -0.1) is 0 Å². The smallest absolute Gasteiger partial charge is 0.270 e. The van der Waals surface area contributed by atoms with Crippen molar-refractivity contribution in [2.75, 3.05) is 4.90 Å². The first-order valence-corrected chi connectivity index (χ1v) is 9.87. The topological polar surface area (TPSA) is 29.5 Å². The van der Waals surface area contributed by atoms with Crippen LogP contribution in [0.2, 0.25) is 0 Å². The second-order valence-electron chi connectivity index (χ2n) is 5.82. The molecule has 1 saturated heterocycles. The molecule has 1 amide bonds. The molecule has 2 aromatic rings. The molecule has 0 radical (unpaired) electrons. The molecule has 3 rings (SSSR count). The number of nitrogens with zero attached hydrogens (tertiary/aromatic N) is 1. The summed E-state index contributed by atoms with van der Waals surface area (Å²) in [6.45, 7) is 3.91. The van der Waals surface area contributed by atoms with Crippen LogP contribution in [0.15, 0.2) is 51.8 Å². The van der Waals surface area contributed by atoms with Gasteiger partial charge in [0.05, 0.1) is 21.2 Å². The average Bonchev–Trinajstić information content (AvgIpc) is 2.84. The van der Waals surface area contributed by atoms with Crippen molar-refractivity contribution in [3.05, 3.63) is 63.2 Å². The molecule has 0 N–H and O–H groups in total. The van der Waals surface area contributed by atoms with Crippen LogP contribution in [0.25, 0.3) is 6.08 Å². The molecule has 0 saturated carbocycles. The Morgan fingerprint density at radius 3 is 2.65 bits per heavy atom. The third kappa shape index (κ3) is 4.00. The van der Waals surface area contributed by atoms with E-state index in [9.17, 15) is 9.18 Å². The molecule has 0 aliphatic carbocycles. The van der Waals surface area contributed by atoms with Crippen LogP contribution in [0.4, 0.5) is 10.1 Å². The summed E-state index contributed by atoms with van der Waals surface area (Å²) < 4.78 is 20.8. The molecular formula is C19H15BrFNO2S2. The van der Waals surface area contributed by atoms with Crippen molar-refractivity contribution in [1.29, 1.82) is 0 Å². The molecular weight excluding hydrogens is 437 g/mol. The fraction of sp³-hybridized carbons (Fsp3) is 0.158. The van der Waals surface area contributed by atoms with Crippen LogP contribution in [0.1, 0.15) is 19.4 Å². The molecule has 1 aliphatic rings. The number of para-hydroxylation sites is 1. The van der Waals surface area contributed by atoms with Gasteiger partial charge in [-0.3, -0.25) is 9.69 Å². The highest BCUT2D eigenvalue weighted by atomic mass is 79.9. The second kappa shape index (κ2) is 7.90. The van der Waals surface area contributed by atoms with Crippen LogP contribution < -0.4 is 9.64 Å². The zero-order chi connectivity index (χ0) is 18.8. The molecule has 3 nitrogen and oxygen atoms in total. The molecule has 2 aromatic carbocycles. The molecule has 134 valence electrons. The number of halogens is 2. The monoisotopic (exact) mass is 451 g/mol. The van der Waals surface area contributed by atoms with E-state index in [2.05, 4.69) is 15.9 Å². The van der Waals surface area contributed by atoms with Crippen LogP contribution in [0.3, 0.4) is 0 Å². The summed E-state index contributed by atoms with van der Waals surface area (Å²) in [5.41, 5.74) is 0.988. The molecule has 0 aromatic heterocycles. The predicted molar refractivity (Wildman–Crippen MR) is 112 cm³/mol. The summed E-state index contributed by atoms with van der Waals surface area (Å²) in [7, 11) is 0. The zero-order valence-corrected chi connectivity index (χ0v) is 17.3. The van der Waals surface area contributed by atoms with E-state index in [1.54, 1.807) is 18.2 Å². The molecule has 0 unspecified atom stereocenters. The number of rotatable bonds is 4. The van der Waals surface area contributed by atoms with Crippen LogP contribution in [0, 0.1) is 5.82 Å². The van der Waals surface area contributed by atoms with Gasteiger partial charge in [0.1, 0.15) is 11.6 Å². The van der Waals surface area contributed by atoms with Crippen LogP contribution in [0.5, 0.6) is 5.75 Å². The second-order valence-corrected chi connectivity index (χ2v) is 8.36. The van der Waals surface area contributed by atoms with Crippen molar-refractivity contribution in [2.45, 2.75) is 20.0 Å². The van der Waals surface area contributed by atoms with E-state index in [0.717, 1.165) is 27.5 Å². The lowest BCUT2D eigenvalue weighted by atomic mass is 10.2. The highest BCUT2D eigenvalue weighted by Gasteiger charge is 2.34. The first-order chi connectivity index (χ1) is 12.4. The Bertz CT molecular complexity index is 914. The molecule has 1 fully saturated rings. The number of hydrogen-bond acceptors (Lipinski definition) is 4. The normalized spacial score (nSPS) is 16.0. The largest absolute Gasteiger partial charge is 0.490 e. The number of amides is 1. The highest BCUT2D eigenvalue weighted by Crippen LogP contribution is 2.37. The van der Waals surface area contributed by atoms with Gasteiger partial charge in [-0.05, 0) is 65.7 Å². The lowest BCUT2D eigenvalue weighted by Gasteiger charge is -2.14. The molecule has 1 aliphatic heterocycles. The number of ether oxygens (including phenoxy) is 1. The van der Waals surface area contributed by atoms with Gasteiger partial charge in [-0.25, -0.2) is 4.39 Å². The summed E-state index contributed by atoms with van der Waals surface area (Å²) in [4.78, 5) is 14.4. The van der Waals surface area contributed by atoms with Crippen molar-refractivity contribution < 1.29 is 13.9 Å². The minimum atomic E-state index is -0.483. The van der Waals surface area contributed by atoms with E-state index in [-0.39, 0.29) is 17.7 Å². The Balaban J connectivity index is 1.89. The van der Waals surface area contributed by atoms with Gasteiger partial charge < -0.3 is 4.74 Å². The quantitative estimate of drug-likeness (QED) is 0.435. The first kappa shape index (κ1) is 19.1. The number of anilines is 1. The van der Waals surface area contributed by atoms with Crippen molar-refractivity contribution >= 4 is 61.9 Å². The van der Waals surface area contributed by atoms with Gasteiger partial charge in [-0.1, -0.05) is 42.2 Å². The Hall–Kier alpha value is -1.70. The Morgan fingerprint density at radius 2 is 2.00 bits per heavy atom. The minimum Gasteiger partial charge on any atom is -0.490 e. The summed E-state index contributed by atoms with van der Waals surface area (Å²) in [6, 6.07) is 11.7. The van der Waals surface area contributed by atoms with Crippen molar-refractivity contribution in [2.24, 2.45) is 0 Å². The van der Waals surface area contributed by atoms with E-state index in [0.29, 0.717) is 9.23 Å². The van der Waals surface area contributed by atoms with E-state index in [4.69, 9.17) is 17.0 Å². The number of benzene rings is 2. The van der Waals surface area contributed by atoms with E-state index >= 15 is 0 Å². The molecule has 0 atom stereocenters. The van der Waals surface area contributed by atoms with Crippen molar-refractivity contribution in [1.82, 2.24) is 0 Å².